The van der Waals surface area contributed by atoms with E-state index in [0.29, 0.717) is 24.5 Å². The number of rotatable bonds is 4. The first-order valence-corrected chi connectivity index (χ1v) is 7.48. The number of pyridine rings is 1. The zero-order valence-electron chi connectivity index (χ0n) is 12.1. The second-order valence-corrected chi connectivity index (χ2v) is 5.69. The molecule has 1 aromatic heterocycles. The van der Waals surface area contributed by atoms with E-state index < -0.39 is 0 Å². The third kappa shape index (κ3) is 4.36. The summed E-state index contributed by atoms with van der Waals surface area (Å²) in [6.45, 7) is 3.29. The molecule has 2 N–H and O–H groups in total. The van der Waals surface area contributed by atoms with Gasteiger partial charge < -0.3 is 15.4 Å². The maximum absolute atomic E-state index is 12.8. The van der Waals surface area contributed by atoms with Gasteiger partial charge in [0.1, 0.15) is 5.82 Å². The van der Waals surface area contributed by atoms with Crippen LogP contribution in [0.25, 0.3) is 0 Å². The maximum Gasteiger partial charge on any atom is 0.141 e. The van der Waals surface area contributed by atoms with Crippen LogP contribution in [-0.2, 0) is 11.3 Å². The number of hydrogen-bond donors (Lipinski definition) is 2. The summed E-state index contributed by atoms with van der Waals surface area (Å²) in [4.78, 5) is 4.10. The van der Waals surface area contributed by atoms with Crippen molar-refractivity contribution in [3.8, 4) is 0 Å². The second kappa shape index (κ2) is 8.03. The van der Waals surface area contributed by atoms with Crippen LogP contribution in [0, 0.1) is 11.7 Å². The number of ether oxygens (including phenoxy) is 1. The van der Waals surface area contributed by atoms with E-state index in [1.807, 2.05) is 0 Å². The summed E-state index contributed by atoms with van der Waals surface area (Å²) in [6, 6.07) is 4.17. The monoisotopic (exact) mass is 315 g/mol. The Hall–Kier alpha value is -0.750. The fraction of sp³-hybridized carbons (Fsp3) is 0.667. The van der Waals surface area contributed by atoms with Crippen molar-refractivity contribution in [1.29, 1.82) is 0 Å². The molecule has 3 atom stereocenters. The van der Waals surface area contributed by atoms with E-state index in [4.69, 9.17) is 4.74 Å². The lowest BCUT2D eigenvalue weighted by molar-refractivity contribution is 0.0524. The lowest BCUT2D eigenvalue weighted by atomic mass is 9.94. The molecule has 2 heterocycles. The molecule has 1 saturated heterocycles. The zero-order valence-corrected chi connectivity index (χ0v) is 12.9. The Bertz CT molecular complexity index is 425. The Morgan fingerprint density at radius 3 is 3.00 bits per heavy atom. The molecule has 3 rings (SSSR count). The van der Waals surface area contributed by atoms with Crippen molar-refractivity contribution < 1.29 is 9.13 Å². The predicted octanol–water partition coefficient (Wildman–Crippen LogP) is 1.89. The van der Waals surface area contributed by atoms with E-state index in [0.717, 1.165) is 25.5 Å². The van der Waals surface area contributed by atoms with Crippen LogP contribution < -0.4 is 10.6 Å². The summed E-state index contributed by atoms with van der Waals surface area (Å²) in [5.74, 6) is 0.340. The van der Waals surface area contributed by atoms with Gasteiger partial charge in [-0.25, -0.2) is 4.39 Å². The van der Waals surface area contributed by atoms with E-state index in [1.165, 1.54) is 31.5 Å². The molecule has 0 bridgehead atoms. The largest absolute Gasteiger partial charge is 0.379 e. The SMILES string of the molecule is Cl.Fc1ccc(CNC2CCCC2C2COCCN2)nc1. The van der Waals surface area contributed by atoms with Gasteiger partial charge >= 0.3 is 0 Å². The summed E-state index contributed by atoms with van der Waals surface area (Å²) in [6.07, 6.45) is 4.98. The van der Waals surface area contributed by atoms with Crippen LogP contribution in [0.3, 0.4) is 0 Å². The first kappa shape index (κ1) is 16.6. The van der Waals surface area contributed by atoms with Crippen LogP contribution in [0.4, 0.5) is 4.39 Å². The van der Waals surface area contributed by atoms with Crippen LogP contribution in [0.1, 0.15) is 25.0 Å². The van der Waals surface area contributed by atoms with Gasteiger partial charge in [0, 0.05) is 25.2 Å². The number of halogens is 2. The fourth-order valence-electron chi connectivity index (χ4n) is 3.33. The van der Waals surface area contributed by atoms with Gasteiger partial charge in [-0.15, -0.1) is 12.4 Å². The summed E-state index contributed by atoms with van der Waals surface area (Å²) >= 11 is 0. The van der Waals surface area contributed by atoms with E-state index >= 15 is 0 Å². The molecule has 0 amide bonds. The van der Waals surface area contributed by atoms with Gasteiger partial charge in [-0.1, -0.05) is 6.42 Å². The highest BCUT2D eigenvalue weighted by Crippen LogP contribution is 2.29. The molecule has 0 spiro atoms. The topological polar surface area (TPSA) is 46.2 Å². The number of morpholine rings is 1. The molecule has 2 aliphatic rings. The zero-order chi connectivity index (χ0) is 13.8. The minimum Gasteiger partial charge on any atom is -0.379 e. The third-order valence-corrected chi connectivity index (χ3v) is 4.37. The van der Waals surface area contributed by atoms with E-state index in [-0.39, 0.29) is 18.2 Å². The number of hydrogen-bond acceptors (Lipinski definition) is 4. The fourth-order valence-corrected chi connectivity index (χ4v) is 3.33. The summed E-state index contributed by atoms with van der Waals surface area (Å²) in [5.41, 5.74) is 0.893. The molecule has 0 radical (unpaired) electrons. The lowest BCUT2D eigenvalue weighted by Crippen LogP contribution is -2.50. The summed E-state index contributed by atoms with van der Waals surface area (Å²) in [5, 5.41) is 7.15. The predicted molar refractivity (Wildman–Crippen MR) is 82.0 cm³/mol. The van der Waals surface area contributed by atoms with Crippen molar-refractivity contribution in [3.05, 3.63) is 29.8 Å². The maximum atomic E-state index is 12.8. The smallest absolute Gasteiger partial charge is 0.141 e. The standard InChI is InChI=1S/C15H22FN3O.ClH/c16-11-4-5-12(18-8-11)9-19-14-3-1-2-13(14)15-10-20-7-6-17-15;/h4-5,8,13-15,17,19H,1-3,6-7,9-10H2;1H. The molecule has 4 nitrogen and oxygen atoms in total. The Labute approximate surface area is 131 Å². The highest BCUT2D eigenvalue weighted by molar-refractivity contribution is 5.85. The summed E-state index contributed by atoms with van der Waals surface area (Å²) in [7, 11) is 0. The van der Waals surface area contributed by atoms with E-state index in [2.05, 4.69) is 15.6 Å². The first-order chi connectivity index (χ1) is 9.83. The highest BCUT2D eigenvalue weighted by atomic mass is 35.5. The van der Waals surface area contributed by atoms with Crippen molar-refractivity contribution in [1.82, 2.24) is 15.6 Å². The first-order valence-electron chi connectivity index (χ1n) is 7.48. The normalized spacial score (nSPS) is 29.1. The van der Waals surface area contributed by atoms with E-state index in [9.17, 15) is 4.39 Å². The molecule has 1 saturated carbocycles. The van der Waals surface area contributed by atoms with Gasteiger partial charge in [0.2, 0.25) is 0 Å². The molecule has 1 aliphatic heterocycles. The number of aromatic nitrogens is 1. The second-order valence-electron chi connectivity index (χ2n) is 5.69. The van der Waals surface area contributed by atoms with Gasteiger partial charge in [0.15, 0.2) is 0 Å². The molecule has 1 aliphatic carbocycles. The minimum atomic E-state index is -0.281. The van der Waals surface area contributed by atoms with Crippen molar-refractivity contribution in [2.75, 3.05) is 19.8 Å². The van der Waals surface area contributed by atoms with Gasteiger partial charge in [-0.3, -0.25) is 4.98 Å². The van der Waals surface area contributed by atoms with Crippen molar-refractivity contribution in [3.63, 3.8) is 0 Å². The van der Waals surface area contributed by atoms with Gasteiger partial charge in [-0.05, 0) is 30.9 Å². The van der Waals surface area contributed by atoms with Gasteiger partial charge in [-0.2, -0.15) is 0 Å². The van der Waals surface area contributed by atoms with Gasteiger partial charge in [0.25, 0.3) is 0 Å². The summed E-state index contributed by atoms with van der Waals surface area (Å²) < 4.78 is 18.4. The molecule has 0 aromatic carbocycles. The highest BCUT2D eigenvalue weighted by Gasteiger charge is 2.34. The molecule has 118 valence electrons. The number of nitrogens with zero attached hydrogens (tertiary/aromatic N) is 1. The Morgan fingerprint density at radius 1 is 1.38 bits per heavy atom. The Morgan fingerprint density at radius 2 is 2.29 bits per heavy atom. The molecular formula is C15H23ClFN3O. The average molecular weight is 316 g/mol. The molecule has 2 fully saturated rings. The Balaban J connectivity index is 0.00000161. The Kier molecular flexibility index (Phi) is 6.36. The molecular weight excluding hydrogens is 293 g/mol. The van der Waals surface area contributed by atoms with Crippen LogP contribution in [0.15, 0.2) is 18.3 Å². The third-order valence-electron chi connectivity index (χ3n) is 4.37. The molecule has 1 aromatic rings. The number of nitrogens with one attached hydrogen (secondary N) is 2. The molecule has 21 heavy (non-hydrogen) atoms. The molecule has 6 heteroatoms. The van der Waals surface area contributed by atoms with Crippen LogP contribution in [-0.4, -0.2) is 36.8 Å². The van der Waals surface area contributed by atoms with Crippen LogP contribution in [0.2, 0.25) is 0 Å². The lowest BCUT2D eigenvalue weighted by Gasteiger charge is -2.33. The molecule has 3 unspecified atom stereocenters. The van der Waals surface area contributed by atoms with Crippen LogP contribution >= 0.6 is 12.4 Å². The van der Waals surface area contributed by atoms with E-state index in [1.54, 1.807) is 6.07 Å². The average Bonchev–Trinajstić information content (AvgIpc) is 2.96. The van der Waals surface area contributed by atoms with Crippen molar-refractivity contribution in [2.45, 2.75) is 37.9 Å². The van der Waals surface area contributed by atoms with Crippen molar-refractivity contribution >= 4 is 12.4 Å². The van der Waals surface area contributed by atoms with Gasteiger partial charge in [0.05, 0.1) is 25.1 Å². The van der Waals surface area contributed by atoms with Crippen molar-refractivity contribution in [2.24, 2.45) is 5.92 Å². The van der Waals surface area contributed by atoms with Crippen LogP contribution in [0.5, 0.6) is 0 Å². The quantitative estimate of drug-likeness (QED) is 0.891. The minimum absolute atomic E-state index is 0.